The molecule has 2 aromatic carbocycles. The van der Waals surface area contributed by atoms with E-state index >= 15 is 0 Å². The third-order valence-corrected chi connectivity index (χ3v) is 4.64. The van der Waals surface area contributed by atoms with Gasteiger partial charge in [0.2, 0.25) is 0 Å². The Bertz CT molecular complexity index is 692. The first-order valence-corrected chi connectivity index (χ1v) is 9.59. The quantitative estimate of drug-likeness (QED) is 0.680. The molecule has 0 spiro atoms. The molecule has 1 aliphatic heterocycles. The van der Waals surface area contributed by atoms with Crippen LogP contribution in [0.15, 0.2) is 53.6 Å². The van der Waals surface area contributed by atoms with E-state index in [-0.39, 0.29) is 0 Å². The van der Waals surface area contributed by atoms with Crippen molar-refractivity contribution in [2.24, 2.45) is 5.10 Å². The highest BCUT2D eigenvalue weighted by molar-refractivity contribution is 6.30. The lowest BCUT2D eigenvalue weighted by Gasteiger charge is -2.33. The largest absolute Gasteiger partial charge is 0.494 e. The van der Waals surface area contributed by atoms with E-state index in [4.69, 9.17) is 16.3 Å². The Morgan fingerprint density at radius 2 is 1.69 bits per heavy atom. The number of ether oxygens (including phenoxy) is 1. The van der Waals surface area contributed by atoms with Crippen molar-refractivity contribution in [2.45, 2.75) is 19.9 Å². The second-order valence-electron chi connectivity index (χ2n) is 6.52. The molecule has 4 nitrogen and oxygen atoms in total. The lowest BCUT2D eigenvalue weighted by Crippen LogP contribution is -2.43. The normalized spacial score (nSPS) is 15.5. The lowest BCUT2D eigenvalue weighted by atomic mass is 10.2. The average molecular weight is 372 g/mol. The predicted molar refractivity (Wildman–Crippen MR) is 108 cm³/mol. The molecule has 1 saturated heterocycles. The fraction of sp³-hybridized carbons (Fsp3) is 0.381. The Balaban J connectivity index is 1.44. The fourth-order valence-electron chi connectivity index (χ4n) is 2.88. The van der Waals surface area contributed by atoms with Gasteiger partial charge in [-0.05, 0) is 53.9 Å². The second kappa shape index (κ2) is 9.60. The van der Waals surface area contributed by atoms with Gasteiger partial charge in [0, 0.05) is 37.7 Å². The first-order chi connectivity index (χ1) is 12.7. The van der Waals surface area contributed by atoms with Crippen LogP contribution in [0.2, 0.25) is 5.02 Å². The Labute approximate surface area is 161 Å². The van der Waals surface area contributed by atoms with Crippen LogP contribution in [0.4, 0.5) is 0 Å². The Morgan fingerprint density at radius 1 is 1.00 bits per heavy atom. The standard InChI is InChI=1S/C21H26ClN3O/c1-2-15-26-21-9-5-18(6-10-21)16-23-25-13-11-24(12-14-25)17-19-3-7-20(22)8-4-19/h3-10,16H,2,11-15,17H2,1H3/b23-16+. The maximum atomic E-state index is 5.95. The molecule has 138 valence electrons. The second-order valence-corrected chi connectivity index (χ2v) is 6.95. The molecule has 2 aromatic rings. The summed E-state index contributed by atoms with van der Waals surface area (Å²) in [7, 11) is 0. The van der Waals surface area contributed by atoms with Crippen molar-refractivity contribution in [3.63, 3.8) is 0 Å². The molecule has 0 unspecified atom stereocenters. The summed E-state index contributed by atoms with van der Waals surface area (Å²) in [6.45, 7) is 7.76. The third kappa shape index (κ3) is 5.75. The Morgan fingerprint density at radius 3 is 2.35 bits per heavy atom. The maximum Gasteiger partial charge on any atom is 0.119 e. The Hall–Kier alpha value is -2.04. The first kappa shape index (κ1) is 18.7. The molecule has 26 heavy (non-hydrogen) atoms. The third-order valence-electron chi connectivity index (χ3n) is 4.39. The molecule has 0 atom stereocenters. The van der Waals surface area contributed by atoms with Crippen molar-refractivity contribution in [1.82, 2.24) is 9.91 Å². The minimum atomic E-state index is 0.758. The minimum absolute atomic E-state index is 0.758. The van der Waals surface area contributed by atoms with Crippen molar-refractivity contribution in [3.05, 3.63) is 64.7 Å². The van der Waals surface area contributed by atoms with Gasteiger partial charge in [-0.15, -0.1) is 0 Å². The van der Waals surface area contributed by atoms with E-state index in [1.807, 2.05) is 42.6 Å². The maximum absolute atomic E-state index is 5.95. The smallest absolute Gasteiger partial charge is 0.119 e. The van der Waals surface area contributed by atoms with E-state index in [1.165, 1.54) is 5.56 Å². The number of nitrogens with zero attached hydrogens (tertiary/aromatic N) is 3. The van der Waals surface area contributed by atoms with Crippen LogP contribution in [0.25, 0.3) is 0 Å². The van der Waals surface area contributed by atoms with Gasteiger partial charge in [-0.2, -0.15) is 5.10 Å². The lowest BCUT2D eigenvalue weighted by molar-refractivity contribution is 0.131. The van der Waals surface area contributed by atoms with Crippen LogP contribution in [0.5, 0.6) is 5.75 Å². The van der Waals surface area contributed by atoms with Gasteiger partial charge in [-0.3, -0.25) is 9.91 Å². The molecular weight excluding hydrogens is 346 g/mol. The van der Waals surface area contributed by atoms with Gasteiger partial charge in [0.1, 0.15) is 5.75 Å². The van der Waals surface area contributed by atoms with Crippen molar-refractivity contribution in [3.8, 4) is 5.75 Å². The van der Waals surface area contributed by atoms with Crippen LogP contribution in [0.1, 0.15) is 24.5 Å². The minimum Gasteiger partial charge on any atom is -0.494 e. The first-order valence-electron chi connectivity index (χ1n) is 9.21. The van der Waals surface area contributed by atoms with Gasteiger partial charge in [-0.25, -0.2) is 0 Å². The van der Waals surface area contributed by atoms with E-state index in [2.05, 4.69) is 34.1 Å². The number of rotatable bonds is 7. The SMILES string of the molecule is CCCOc1ccc(/C=N/N2CCN(Cc3ccc(Cl)cc3)CC2)cc1. The molecule has 1 aliphatic rings. The van der Waals surface area contributed by atoms with E-state index < -0.39 is 0 Å². The van der Waals surface area contributed by atoms with E-state index in [0.29, 0.717) is 0 Å². The summed E-state index contributed by atoms with van der Waals surface area (Å²) in [5, 5.41) is 7.55. The summed E-state index contributed by atoms with van der Waals surface area (Å²) in [5.74, 6) is 0.916. The molecule has 0 saturated carbocycles. The monoisotopic (exact) mass is 371 g/mol. The van der Waals surface area contributed by atoms with Crippen LogP contribution >= 0.6 is 11.6 Å². The number of piperazine rings is 1. The number of hydrogen-bond acceptors (Lipinski definition) is 4. The fourth-order valence-corrected chi connectivity index (χ4v) is 3.00. The highest BCUT2D eigenvalue weighted by Gasteiger charge is 2.15. The summed E-state index contributed by atoms with van der Waals surface area (Å²) >= 11 is 5.95. The summed E-state index contributed by atoms with van der Waals surface area (Å²) < 4.78 is 5.60. The van der Waals surface area contributed by atoms with E-state index in [0.717, 1.165) is 62.1 Å². The Kier molecular flexibility index (Phi) is 6.92. The molecule has 1 heterocycles. The topological polar surface area (TPSA) is 28.1 Å². The van der Waals surface area contributed by atoms with E-state index in [9.17, 15) is 0 Å². The highest BCUT2D eigenvalue weighted by atomic mass is 35.5. The van der Waals surface area contributed by atoms with Gasteiger partial charge in [-0.1, -0.05) is 30.7 Å². The van der Waals surface area contributed by atoms with Gasteiger partial charge >= 0.3 is 0 Å². The van der Waals surface area contributed by atoms with Gasteiger partial charge in [0.25, 0.3) is 0 Å². The number of halogens is 1. The van der Waals surface area contributed by atoms with E-state index in [1.54, 1.807) is 0 Å². The molecule has 0 bridgehead atoms. The average Bonchev–Trinajstić information content (AvgIpc) is 2.68. The van der Waals surface area contributed by atoms with Gasteiger partial charge in [0.05, 0.1) is 12.8 Å². The molecule has 0 radical (unpaired) electrons. The summed E-state index contributed by atoms with van der Waals surface area (Å²) in [6, 6.07) is 16.2. The molecule has 5 heteroatoms. The molecule has 0 amide bonds. The number of hydrogen-bond donors (Lipinski definition) is 0. The number of benzene rings is 2. The van der Waals surface area contributed by atoms with Crippen molar-refractivity contribution < 1.29 is 4.74 Å². The zero-order chi connectivity index (χ0) is 18.2. The highest BCUT2D eigenvalue weighted by Crippen LogP contribution is 2.14. The predicted octanol–water partition coefficient (Wildman–Crippen LogP) is 4.28. The van der Waals surface area contributed by atoms with Crippen LogP contribution < -0.4 is 4.74 Å². The number of hydrazone groups is 1. The van der Waals surface area contributed by atoms with Gasteiger partial charge < -0.3 is 4.74 Å². The van der Waals surface area contributed by atoms with Crippen molar-refractivity contribution in [2.75, 3.05) is 32.8 Å². The van der Waals surface area contributed by atoms with Crippen LogP contribution in [0, 0.1) is 0 Å². The van der Waals surface area contributed by atoms with Crippen molar-refractivity contribution in [1.29, 1.82) is 0 Å². The molecule has 0 N–H and O–H groups in total. The van der Waals surface area contributed by atoms with Gasteiger partial charge in [0.15, 0.2) is 0 Å². The molecule has 0 aliphatic carbocycles. The summed E-state index contributed by atoms with van der Waals surface area (Å²) in [6.07, 6.45) is 2.95. The van der Waals surface area contributed by atoms with Crippen LogP contribution in [0.3, 0.4) is 0 Å². The summed E-state index contributed by atoms with van der Waals surface area (Å²) in [4.78, 5) is 2.45. The van der Waals surface area contributed by atoms with Crippen LogP contribution in [-0.2, 0) is 6.54 Å². The summed E-state index contributed by atoms with van der Waals surface area (Å²) in [5.41, 5.74) is 2.40. The molecule has 1 fully saturated rings. The van der Waals surface area contributed by atoms with Crippen molar-refractivity contribution >= 4 is 17.8 Å². The molecular formula is C21H26ClN3O. The van der Waals surface area contributed by atoms with Crippen LogP contribution in [-0.4, -0.2) is 48.9 Å². The zero-order valence-corrected chi connectivity index (χ0v) is 16.0. The zero-order valence-electron chi connectivity index (χ0n) is 15.3. The molecule has 3 rings (SSSR count). The molecule has 0 aromatic heterocycles.